The largest absolute Gasteiger partial charge is 0.391 e. The first kappa shape index (κ1) is 10.9. The smallest absolute Gasteiger partial charge is 0.123 e. The van der Waals surface area contributed by atoms with Gasteiger partial charge in [0.05, 0.1) is 6.10 Å². The zero-order valence-corrected chi connectivity index (χ0v) is 10.3. The topological polar surface area (TPSA) is 23.5 Å². The summed E-state index contributed by atoms with van der Waals surface area (Å²) >= 11 is 0. The van der Waals surface area contributed by atoms with Crippen LogP contribution in [0.2, 0.25) is 0 Å². The zero-order valence-electron chi connectivity index (χ0n) is 10.3. The molecule has 3 heteroatoms. The number of rotatable bonds is 2. The van der Waals surface area contributed by atoms with E-state index in [1.54, 1.807) is 0 Å². The van der Waals surface area contributed by atoms with Gasteiger partial charge in [-0.2, -0.15) is 0 Å². The number of hydrogen-bond donors (Lipinski definition) is 1. The summed E-state index contributed by atoms with van der Waals surface area (Å²) in [5.74, 6) is 1.87. The van der Waals surface area contributed by atoms with E-state index < -0.39 is 0 Å². The lowest BCUT2D eigenvalue weighted by Crippen LogP contribution is -2.40. The van der Waals surface area contributed by atoms with Crippen LogP contribution in [0.4, 0.5) is 4.39 Å². The first-order valence-corrected chi connectivity index (χ1v) is 6.89. The monoisotopic (exact) mass is 247 g/mol. The number of aliphatic hydroxyl groups is 1. The highest BCUT2D eigenvalue weighted by molar-refractivity contribution is 5.18. The highest BCUT2D eigenvalue weighted by Gasteiger charge is 2.58. The van der Waals surface area contributed by atoms with Gasteiger partial charge in [-0.15, -0.1) is 0 Å². The molecule has 1 N–H and O–H groups in total. The molecule has 3 fully saturated rings. The van der Waals surface area contributed by atoms with E-state index in [0.29, 0.717) is 17.9 Å². The Bertz CT molecular complexity index is 458. The van der Waals surface area contributed by atoms with Crippen LogP contribution >= 0.6 is 0 Å². The van der Waals surface area contributed by atoms with Crippen molar-refractivity contribution in [1.82, 2.24) is 4.90 Å². The molecule has 1 heterocycles. The third-order valence-corrected chi connectivity index (χ3v) is 5.25. The Balaban J connectivity index is 1.55. The number of nitrogens with zero attached hydrogens (tertiary/aromatic N) is 1. The van der Waals surface area contributed by atoms with Gasteiger partial charge in [-0.1, -0.05) is 12.1 Å². The normalized spacial score (nSPS) is 41.8. The molecule has 1 aliphatic heterocycles. The molecule has 1 aromatic carbocycles. The molecule has 5 unspecified atom stereocenters. The lowest BCUT2D eigenvalue weighted by Gasteiger charge is -2.28. The first-order chi connectivity index (χ1) is 8.72. The van der Waals surface area contributed by atoms with Crippen LogP contribution in [-0.2, 0) is 6.54 Å². The molecule has 0 radical (unpaired) electrons. The molecule has 0 spiro atoms. The standard InChI is InChI=1S/C15H18FNO/c16-12-3-1-9(2-4-12)7-17-8-11-5-10-6-13(11)14(17)15(10)18/h1-4,10-11,13-15,18H,5-8H2. The van der Waals surface area contributed by atoms with Crippen LogP contribution < -0.4 is 0 Å². The van der Waals surface area contributed by atoms with E-state index in [4.69, 9.17) is 0 Å². The Labute approximate surface area is 106 Å². The number of aliphatic hydroxyl groups excluding tert-OH is 1. The Morgan fingerprint density at radius 1 is 1.17 bits per heavy atom. The van der Waals surface area contributed by atoms with E-state index in [-0.39, 0.29) is 11.9 Å². The number of fused-ring (bicyclic) bond motifs is 1. The van der Waals surface area contributed by atoms with Crippen LogP contribution in [-0.4, -0.2) is 28.7 Å². The van der Waals surface area contributed by atoms with Gasteiger partial charge in [-0.3, -0.25) is 4.90 Å². The minimum Gasteiger partial charge on any atom is -0.391 e. The molecular formula is C15H18FNO. The maximum absolute atomic E-state index is 12.9. The van der Waals surface area contributed by atoms with Crippen molar-refractivity contribution in [3.63, 3.8) is 0 Å². The maximum atomic E-state index is 12.9. The molecule has 0 amide bonds. The third-order valence-electron chi connectivity index (χ3n) is 5.25. The van der Waals surface area contributed by atoms with E-state index in [1.807, 2.05) is 12.1 Å². The Morgan fingerprint density at radius 3 is 2.67 bits per heavy atom. The van der Waals surface area contributed by atoms with Crippen LogP contribution in [0.1, 0.15) is 18.4 Å². The van der Waals surface area contributed by atoms with Crippen molar-refractivity contribution in [3.8, 4) is 0 Å². The van der Waals surface area contributed by atoms with E-state index in [0.717, 1.165) is 24.6 Å². The molecule has 2 saturated carbocycles. The lowest BCUT2D eigenvalue weighted by atomic mass is 9.88. The van der Waals surface area contributed by atoms with Gasteiger partial charge in [0.25, 0.3) is 0 Å². The Kier molecular flexibility index (Phi) is 2.30. The van der Waals surface area contributed by atoms with Crippen LogP contribution in [0.25, 0.3) is 0 Å². The van der Waals surface area contributed by atoms with Gasteiger partial charge >= 0.3 is 0 Å². The van der Waals surface area contributed by atoms with Crippen LogP contribution in [0.5, 0.6) is 0 Å². The number of hydrogen-bond acceptors (Lipinski definition) is 2. The second-order valence-corrected chi connectivity index (χ2v) is 6.19. The summed E-state index contributed by atoms with van der Waals surface area (Å²) < 4.78 is 12.9. The molecular weight excluding hydrogens is 229 g/mol. The summed E-state index contributed by atoms with van der Waals surface area (Å²) in [5.41, 5.74) is 1.15. The van der Waals surface area contributed by atoms with Crippen LogP contribution in [0, 0.1) is 23.6 Å². The highest BCUT2D eigenvalue weighted by atomic mass is 19.1. The average molecular weight is 247 g/mol. The van der Waals surface area contributed by atoms with E-state index in [9.17, 15) is 9.50 Å². The number of halogens is 1. The van der Waals surface area contributed by atoms with Crippen LogP contribution in [0.3, 0.4) is 0 Å². The molecule has 2 aliphatic carbocycles. The summed E-state index contributed by atoms with van der Waals surface area (Å²) in [4.78, 5) is 2.42. The molecule has 4 rings (SSSR count). The van der Waals surface area contributed by atoms with Crippen LogP contribution in [0.15, 0.2) is 24.3 Å². The molecule has 0 aromatic heterocycles. The SMILES string of the molecule is OC1C2CC3CN(Cc4ccc(F)cc4)C1C3C2. The first-order valence-electron chi connectivity index (χ1n) is 6.89. The highest BCUT2D eigenvalue weighted by Crippen LogP contribution is 2.55. The lowest BCUT2D eigenvalue weighted by molar-refractivity contribution is 0.0484. The van der Waals surface area contributed by atoms with E-state index in [1.165, 1.54) is 25.0 Å². The average Bonchev–Trinajstić information content (AvgIpc) is 2.94. The summed E-state index contributed by atoms with van der Waals surface area (Å²) in [7, 11) is 0. The predicted molar refractivity (Wildman–Crippen MR) is 66.3 cm³/mol. The molecule has 18 heavy (non-hydrogen) atoms. The van der Waals surface area contributed by atoms with Gasteiger partial charge in [0, 0.05) is 19.1 Å². The van der Waals surface area contributed by atoms with Crippen molar-refractivity contribution >= 4 is 0 Å². The molecule has 1 aromatic rings. The van der Waals surface area contributed by atoms with Crippen molar-refractivity contribution in [1.29, 1.82) is 0 Å². The maximum Gasteiger partial charge on any atom is 0.123 e. The fourth-order valence-corrected chi connectivity index (χ4v) is 4.55. The molecule has 5 atom stereocenters. The van der Waals surface area contributed by atoms with Gasteiger partial charge < -0.3 is 5.11 Å². The van der Waals surface area contributed by atoms with Gasteiger partial charge in [-0.25, -0.2) is 4.39 Å². The molecule has 2 bridgehead atoms. The van der Waals surface area contributed by atoms with Gasteiger partial charge in [-0.05, 0) is 48.3 Å². The van der Waals surface area contributed by atoms with Crippen molar-refractivity contribution < 1.29 is 9.50 Å². The van der Waals surface area contributed by atoms with Gasteiger partial charge in [0.15, 0.2) is 0 Å². The fraction of sp³-hybridized carbons (Fsp3) is 0.600. The summed E-state index contributed by atoms with van der Waals surface area (Å²) in [6.07, 6.45) is 2.30. The van der Waals surface area contributed by atoms with E-state index in [2.05, 4.69) is 4.90 Å². The van der Waals surface area contributed by atoms with Crippen molar-refractivity contribution in [2.45, 2.75) is 31.5 Å². The summed E-state index contributed by atoms with van der Waals surface area (Å²) in [5, 5.41) is 10.3. The molecule has 1 saturated heterocycles. The Hall–Kier alpha value is -0.930. The van der Waals surface area contributed by atoms with Crippen molar-refractivity contribution in [2.75, 3.05) is 6.54 Å². The third kappa shape index (κ3) is 1.47. The minimum atomic E-state index is -0.179. The molecule has 96 valence electrons. The number of likely N-dealkylation sites (tertiary alicyclic amines) is 1. The quantitative estimate of drug-likeness (QED) is 0.864. The van der Waals surface area contributed by atoms with Crippen molar-refractivity contribution in [2.24, 2.45) is 17.8 Å². The summed E-state index contributed by atoms with van der Waals surface area (Å²) in [6.45, 7) is 1.96. The summed E-state index contributed by atoms with van der Waals surface area (Å²) in [6, 6.07) is 7.11. The Morgan fingerprint density at radius 2 is 1.94 bits per heavy atom. The van der Waals surface area contributed by atoms with Crippen molar-refractivity contribution in [3.05, 3.63) is 35.6 Å². The second kappa shape index (κ2) is 3.78. The number of benzene rings is 1. The minimum absolute atomic E-state index is 0.130. The molecule has 3 aliphatic rings. The van der Waals surface area contributed by atoms with Gasteiger partial charge in [0.2, 0.25) is 0 Å². The predicted octanol–water partition coefficient (Wildman–Crippen LogP) is 2.03. The molecule has 2 nitrogen and oxygen atoms in total. The second-order valence-electron chi connectivity index (χ2n) is 6.19. The fourth-order valence-electron chi connectivity index (χ4n) is 4.55. The van der Waals surface area contributed by atoms with E-state index >= 15 is 0 Å². The van der Waals surface area contributed by atoms with Gasteiger partial charge in [0.1, 0.15) is 5.82 Å². The zero-order chi connectivity index (χ0) is 12.3.